The van der Waals surface area contributed by atoms with Crippen LogP contribution in [0.15, 0.2) is 17.4 Å². The van der Waals surface area contributed by atoms with Crippen molar-refractivity contribution in [3.05, 3.63) is 18.0 Å². The van der Waals surface area contributed by atoms with E-state index in [0.29, 0.717) is 0 Å². The Morgan fingerprint density at radius 1 is 1.64 bits per heavy atom. The van der Waals surface area contributed by atoms with E-state index in [0.717, 1.165) is 5.56 Å². The van der Waals surface area contributed by atoms with Crippen LogP contribution in [-0.4, -0.2) is 29.0 Å². The average molecular weight is 199 g/mol. The van der Waals surface area contributed by atoms with Gasteiger partial charge in [-0.25, -0.2) is 8.78 Å². The highest BCUT2D eigenvalue weighted by Gasteiger charge is 2.46. The minimum absolute atomic E-state index is 0.0998. The summed E-state index contributed by atoms with van der Waals surface area (Å²) in [5.41, 5.74) is 0.850. The van der Waals surface area contributed by atoms with Gasteiger partial charge in [0.05, 0.1) is 12.2 Å². The lowest BCUT2D eigenvalue weighted by molar-refractivity contribution is -0.106. The minimum Gasteiger partial charge on any atom is -0.296 e. The molecule has 0 atom stereocenters. The van der Waals surface area contributed by atoms with Crippen LogP contribution < -0.4 is 0 Å². The molecule has 0 amide bonds. The molecule has 0 unspecified atom stereocenters. The molecular weight excluding hydrogens is 188 g/mol. The van der Waals surface area contributed by atoms with E-state index in [9.17, 15) is 8.78 Å². The van der Waals surface area contributed by atoms with E-state index < -0.39 is 5.92 Å². The van der Waals surface area contributed by atoms with Gasteiger partial charge in [0.2, 0.25) is 0 Å². The molecule has 1 aliphatic rings. The number of nitrogens with zero attached hydrogens (tertiary/aromatic N) is 3. The van der Waals surface area contributed by atoms with Crippen LogP contribution in [0.2, 0.25) is 0 Å². The molecule has 1 aromatic heterocycles. The number of hydrogen-bond acceptors (Lipinski definition) is 2. The van der Waals surface area contributed by atoms with Crippen molar-refractivity contribution in [1.29, 1.82) is 0 Å². The van der Waals surface area contributed by atoms with E-state index in [1.54, 1.807) is 30.3 Å². The zero-order valence-electron chi connectivity index (χ0n) is 7.82. The van der Waals surface area contributed by atoms with E-state index in [2.05, 4.69) is 10.1 Å². The Bertz CT molecular complexity index is 349. The van der Waals surface area contributed by atoms with Gasteiger partial charge in [0.15, 0.2) is 0 Å². The van der Waals surface area contributed by atoms with Crippen LogP contribution in [0.25, 0.3) is 0 Å². The van der Waals surface area contributed by atoms with E-state index in [1.165, 1.54) is 0 Å². The maximum Gasteiger partial charge on any atom is 0.252 e. The summed E-state index contributed by atoms with van der Waals surface area (Å²) < 4.78 is 26.7. The number of aromatic nitrogens is 2. The summed E-state index contributed by atoms with van der Waals surface area (Å²) in [6.45, 7) is 0. The van der Waals surface area contributed by atoms with Gasteiger partial charge in [-0.1, -0.05) is 0 Å². The molecule has 0 aromatic carbocycles. The lowest BCUT2D eigenvalue weighted by Gasteiger charge is -2.34. The van der Waals surface area contributed by atoms with Crippen LogP contribution >= 0.6 is 0 Å². The quantitative estimate of drug-likeness (QED) is 0.669. The van der Waals surface area contributed by atoms with Crippen molar-refractivity contribution in [1.82, 2.24) is 9.78 Å². The predicted octanol–water partition coefficient (Wildman–Crippen LogP) is 1.90. The van der Waals surface area contributed by atoms with E-state index >= 15 is 0 Å². The monoisotopic (exact) mass is 199 g/mol. The maximum atomic E-state index is 12.6. The molecule has 0 saturated heterocycles. The second-order valence-corrected chi connectivity index (χ2v) is 3.56. The largest absolute Gasteiger partial charge is 0.296 e. The fourth-order valence-electron chi connectivity index (χ4n) is 1.58. The number of halogens is 2. The summed E-state index contributed by atoms with van der Waals surface area (Å²) >= 11 is 0. The Labute approximate surface area is 80.4 Å². The van der Waals surface area contributed by atoms with E-state index in [1.807, 2.05) is 0 Å². The van der Waals surface area contributed by atoms with Crippen molar-refractivity contribution in [3.8, 4) is 0 Å². The van der Waals surface area contributed by atoms with Gasteiger partial charge in [0.25, 0.3) is 5.92 Å². The first-order valence-electron chi connectivity index (χ1n) is 4.45. The molecule has 14 heavy (non-hydrogen) atoms. The first kappa shape index (κ1) is 9.30. The Hall–Kier alpha value is -1.26. The third kappa shape index (κ3) is 1.66. The lowest BCUT2D eigenvalue weighted by atomic mass is 9.88. The summed E-state index contributed by atoms with van der Waals surface area (Å²) in [6.07, 6.45) is 4.82. The van der Waals surface area contributed by atoms with E-state index in [4.69, 9.17) is 0 Å². The minimum atomic E-state index is -2.49. The zero-order chi connectivity index (χ0) is 10.2. The van der Waals surface area contributed by atoms with Crippen molar-refractivity contribution >= 4 is 6.21 Å². The number of rotatable bonds is 2. The first-order chi connectivity index (χ1) is 6.61. The average Bonchev–Trinajstić information content (AvgIpc) is 2.49. The van der Waals surface area contributed by atoms with Gasteiger partial charge in [-0.05, 0) is 0 Å². The molecule has 0 spiro atoms. The summed E-state index contributed by atoms with van der Waals surface area (Å²) in [5.74, 6) is -2.49. The second kappa shape index (κ2) is 3.15. The highest BCUT2D eigenvalue weighted by molar-refractivity contribution is 5.78. The number of alkyl halides is 2. The molecule has 1 aromatic rings. The number of aliphatic imine (C=N–C) groups is 1. The van der Waals surface area contributed by atoms with Crippen LogP contribution in [0.5, 0.6) is 0 Å². The van der Waals surface area contributed by atoms with Crippen LogP contribution in [0.4, 0.5) is 8.78 Å². The van der Waals surface area contributed by atoms with Gasteiger partial charge in [0.1, 0.15) is 0 Å². The fourth-order valence-corrected chi connectivity index (χ4v) is 1.58. The molecule has 1 fully saturated rings. The van der Waals surface area contributed by atoms with Gasteiger partial charge < -0.3 is 0 Å². The van der Waals surface area contributed by atoms with Crippen molar-refractivity contribution in [2.45, 2.75) is 24.8 Å². The van der Waals surface area contributed by atoms with Gasteiger partial charge in [-0.2, -0.15) is 5.10 Å². The molecule has 2 rings (SSSR count). The van der Waals surface area contributed by atoms with Crippen molar-refractivity contribution in [2.24, 2.45) is 4.99 Å². The van der Waals surface area contributed by atoms with Crippen molar-refractivity contribution < 1.29 is 8.78 Å². The predicted molar refractivity (Wildman–Crippen MR) is 49.0 cm³/mol. The second-order valence-electron chi connectivity index (χ2n) is 3.56. The van der Waals surface area contributed by atoms with Gasteiger partial charge >= 0.3 is 0 Å². The molecule has 0 N–H and O–H groups in total. The molecule has 76 valence electrons. The maximum absolute atomic E-state index is 12.6. The third-order valence-electron chi connectivity index (χ3n) is 2.34. The molecule has 3 nitrogen and oxygen atoms in total. The van der Waals surface area contributed by atoms with Crippen molar-refractivity contribution in [3.63, 3.8) is 0 Å². The SMILES string of the molecule is CN=Cc1cnn(C2CC(F)(F)C2)c1. The summed E-state index contributed by atoms with van der Waals surface area (Å²) in [5, 5.41) is 4.01. The Kier molecular flexibility index (Phi) is 2.09. The van der Waals surface area contributed by atoms with Crippen LogP contribution in [0.1, 0.15) is 24.4 Å². The molecule has 5 heteroatoms. The Morgan fingerprint density at radius 3 is 2.93 bits per heavy atom. The summed E-state index contributed by atoms with van der Waals surface area (Å²) in [7, 11) is 1.66. The topological polar surface area (TPSA) is 30.2 Å². The Morgan fingerprint density at radius 2 is 2.36 bits per heavy atom. The van der Waals surface area contributed by atoms with Crippen LogP contribution in [-0.2, 0) is 0 Å². The first-order valence-corrected chi connectivity index (χ1v) is 4.45. The van der Waals surface area contributed by atoms with E-state index in [-0.39, 0.29) is 18.9 Å². The molecular formula is C9H11F2N3. The van der Waals surface area contributed by atoms with Crippen LogP contribution in [0.3, 0.4) is 0 Å². The van der Waals surface area contributed by atoms with Gasteiger partial charge in [0, 0.05) is 37.9 Å². The normalized spacial score (nSPS) is 21.4. The molecule has 1 heterocycles. The lowest BCUT2D eigenvalue weighted by Crippen LogP contribution is -2.37. The highest BCUT2D eigenvalue weighted by atomic mass is 19.3. The molecule has 0 bridgehead atoms. The zero-order valence-corrected chi connectivity index (χ0v) is 7.82. The Balaban J connectivity index is 2.05. The molecule has 1 aliphatic carbocycles. The summed E-state index contributed by atoms with van der Waals surface area (Å²) in [6, 6.07) is -0.149. The fraction of sp³-hybridized carbons (Fsp3) is 0.556. The molecule has 1 saturated carbocycles. The summed E-state index contributed by atoms with van der Waals surface area (Å²) in [4.78, 5) is 3.82. The van der Waals surface area contributed by atoms with Crippen molar-refractivity contribution in [2.75, 3.05) is 7.05 Å². The third-order valence-corrected chi connectivity index (χ3v) is 2.34. The van der Waals surface area contributed by atoms with Gasteiger partial charge in [-0.3, -0.25) is 9.67 Å². The van der Waals surface area contributed by atoms with Crippen LogP contribution in [0, 0.1) is 0 Å². The molecule has 0 aliphatic heterocycles. The standard InChI is InChI=1S/C9H11F2N3/c1-12-4-7-5-13-14(6-7)8-2-9(10,11)3-8/h4-6,8H,2-3H2,1H3. The number of hydrogen-bond donors (Lipinski definition) is 0. The highest BCUT2D eigenvalue weighted by Crippen LogP contribution is 2.44. The molecule has 0 radical (unpaired) electrons. The smallest absolute Gasteiger partial charge is 0.252 e. The van der Waals surface area contributed by atoms with Gasteiger partial charge in [-0.15, -0.1) is 0 Å².